The zero-order chi connectivity index (χ0) is 14.0. The van der Waals surface area contributed by atoms with Gasteiger partial charge in [0.1, 0.15) is 0 Å². The maximum absolute atomic E-state index is 6.40. The quantitative estimate of drug-likeness (QED) is 0.770. The number of hydrogen-bond donors (Lipinski definition) is 1. The largest absolute Gasteiger partial charge is 0.313 e. The highest BCUT2D eigenvalue weighted by Crippen LogP contribution is 2.41. The van der Waals surface area contributed by atoms with Crippen molar-refractivity contribution < 1.29 is 0 Å². The molecule has 1 N–H and O–H groups in total. The molecule has 106 valence electrons. The van der Waals surface area contributed by atoms with E-state index < -0.39 is 0 Å². The second kappa shape index (κ2) is 6.60. The fourth-order valence-corrected chi connectivity index (χ4v) is 4.29. The molecular weight excluding hydrogens is 322 g/mol. The first-order valence-electron chi connectivity index (χ1n) is 7.13. The Hall–Kier alpha value is -0.0500. The molecule has 0 radical (unpaired) electrons. The van der Waals surface area contributed by atoms with E-state index in [-0.39, 0.29) is 0 Å². The third kappa shape index (κ3) is 3.74. The fraction of sp³-hybridized carbons (Fsp3) is 0.625. The molecule has 0 heterocycles. The average molecular weight is 345 g/mol. The van der Waals surface area contributed by atoms with E-state index >= 15 is 0 Å². The van der Waals surface area contributed by atoms with Crippen LogP contribution < -0.4 is 5.32 Å². The average Bonchev–Trinajstić information content (AvgIpc) is 2.33. The maximum atomic E-state index is 6.40. The summed E-state index contributed by atoms with van der Waals surface area (Å²) in [7, 11) is 2.05. The molecule has 2 rings (SSSR count). The van der Waals surface area contributed by atoms with E-state index in [1.54, 1.807) is 0 Å². The summed E-state index contributed by atoms with van der Waals surface area (Å²) in [6.45, 7) is 4.75. The van der Waals surface area contributed by atoms with Gasteiger partial charge in [-0.1, -0.05) is 41.4 Å². The van der Waals surface area contributed by atoms with Crippen LogP contribution in [0.2, 0.25) is 5.02 Å². The summed E-state index contributed by atoms with van der Waals surface area (Å²) in [5, 5.41) is 4.36. The van der Waals surface area contributed by atoms with Gasteiger partial charge in [0, 0.05) is 15.5 Å². The molecule has 3 unspecified atom stereocenters. The lowest BCUT2D eigenvalue weighted by atomic mass is 9.72. The van der Waals surface area contributed by atoms with Gasteiger partial charge in [-0.2, -0.15) is 0 Å². The van der Waals surface area contributed by atoms with Gasteiger partial charge in [-0.3, -0.25) is 0 Å². The molecule has 0 bridgehead atoms. The smallest absolute Gasteiger partial charge is 0.0454 e. The molecule has 0 spiro atoms. The van der Waals surface area contributed by atoms with Crippen molar-refractivity contribution in [2.75, 3.05) is 7.05 Å². The standard InChI is InChI=1S/C16H23BrClN/c1-10-6-11(2)8-12(7-10)16(19-3)14-9-13(17)4-5-15(14)18/h4-5,9-12,16,19H,6-8H2,1-3H3. The van der Waals surface area contributed by atoms with Gasteiger partial charge < -0.3 is 5.32 Å². The van der Waals surface area contributed by atoms with E-state index in [1.807, 2.05) is 19.2 Å². The highest BCUT2D eigenvalue weighted by atomic mass is 79.9. The number of hydrogen-bond acceptors (Lipinski definition) is 1. The van der Waals surface area contributed by atoms with Gasteiger partial charge in [-0.05, 0) is 67.8 Å². The van der Waals surface area contributed by atoms with Crippen molar-refractivity contribution in [3.8, 4) is 0 Å². The monoisotopic (exact) mass is 343 g/mol. The first-order valence-corrected chi connectivity index (χ1v) is 8.30. The van der Waals surface area contributed by atoms with Gasteiger partial charge >= 0.3 is 0 Å². The predicted octanol–water partition coefficient (Wildman–Crippen LogP) is 5.44. The van der Waals surface area contributed by atoms with Crippen LogP contribution in [0.25, 0.3) is 0 Å². The summed E-state index contributed by atoms with van der Waals surface area (Å²) >= 11 is 9.96. The second-order valence-electron chi connectivity index (χ2n) is 6.11. The van der Waals surface area contributed by atoms with Crippen molar-refractivity contribution in [2.45, 2.75) is 39.2 Å². The predicted molar refractivity (Wildman–Crippen MR) is 86.6 cm³/mol. The van der Waals surface area contributed by atoms with Crippen LogP contribution >= 0.6 is 27.5 Å². The van der Waals surface area contributed by atoms with Crippen LogP contribution in [0.3, 0.4) is 0 Å². The van der Waals surface area contributed by atoms with Crippen LogP contribution in [0.15, 0.2) is 22.7 Å². The minimum absolute atomic E-state index is 0.357. The summed E-state index contributed by atoms with van der Waals surface area (Å²) in [4.78, 5) is 0. The molecule has 1 nitrogen and oxygen atoms in total. The summed E-state index contributed by atoms with van der Waals surface area (Å²) in [6.07, 6.45) is 3.94. The molecule has 0 saturated heterocycles. The lowest BCUT2D eigenvalue weighted by molar-refractivity contribution is 0.180. The van der Waals surface area contributed by atoms with E-state index in [2.05, 4.69) is 41.2 Å². The van der Waals surface area contributed by atoms with Gasteiger partial charge in [0.2, 0.25) is 0 Å². The van der Waals surface area contributed by atoms with Crippen LogP contribution in [0.4, 0.5) is 0 Å². The van der Waals surface area contributed by atoms with E-state index in [4.69, 9.17) is 11.6 Å². The van der Waals surface area contributed by atoms with Crippen molar-refractivity contribution in [3.05, 3.63) is 33.3 Å². The molecular formula is C16H23BrClN. The highest BCUT2D eigenvalue weighted by Gasteiger charge is 2.31. The van der Waals surface area contributed by atoms with E-state index in [9.17, 15) is 0 Å². The Labute approximate surface area is 130 Å². The summed E-state index contributed by atoms with van der Waals surface area (Å²) in [6, 6.07) is 6.51. The Morgan fingerprint density at radius 1 is 1.21 bits per heavy atom. The van der Waals surface area contributed by atoms with Gasteiger partial charge in [0.25, 0.3) is 0 Å². The zero-order valence-corrected chi connectivity index (χ0v) is 14.3. The summed E-state index contributed by atoms with van der Waals surface area (Å²) in [5.74, 6) is 2.31. The molecule has 0 aromatic heterocycles. The Morgan fingerprint density at radius 2 is 1.84 bits per heavy atom. The molecule has 1 saturated carbocycles. The normalized spacial score (nSPS) is 29.2. The zero-order valence-electron chi connectivity index (χ0n) is 11.9. The van der Waals surface area contributed by atoms with Gasteiger partial charge in [0.15, 0.2) is 0 Å². The van der Waals surface area contributed by atoms with Crippen LogP contribution in [-0.2, 0) is 0 Å². The first-order chi connectivity index (χ1) is 9.01. The van der Waals surface area contributed by atoms with Crippen molar-refractivity contribution in [2.24, 2.45) is 17.8 Å². The van der Waals surface area contributed by atoms with Crippen molar-refractivity contribution in [3.63, 3.8) is 0 Å². The van der Waals surface area contributed by atoms with Crippen molar-refractivity contribution in [1.29, 1.82) is 0 Å². The molecule has 3 atom stereocenters. The second-order valence-corrected chi connectivity index (χ2v) is 7.43. The van der Waals surface area contributed by atoms with E-state index in [0.29, 0.717) is 12.0 Å². The summed E-state index contributed by atoms with van der Waals surface area (Å²) < 4.78 is 1.10. The number of benzene rings is 1. The van der Waals surface area contributed by atoms with E-state index in [1.165, 1.54) is 24.8 Å². The van der Waals surface area contributed by atoms with Crippen LogP contribution in [-0.4, -0.2) is 7.05 Å². The SMILES string of the molecule is CNC(c1cc(Br)ccc1Cl)C1CC(C)CC(C)C1. The minimum atomic E-state index is 0.357. The Morgan fingerprint density at radius 3 is 2.42 bits per heavy atom. The number of rotatable bonds is 3. The fourth-order valence-electron chi connectivity index (χ4n) is 3.68. The van der Waals surface area contributed by atoms with Crippen LogP contribution in [0.5, 0.6) is 0 Å². The third-order valence-corrected chi connectivity index (χ3v) is 5.13. The minimum Gasteiger partial charge on any atom is -0.313 e. The molecule has 1 aromatic carbocycles. The third-order valence-electron chi connectivity index (χ3n) is 4.29. The number of halogens is 2. The molecule has 1 aromatic rings. The molecule has 19 heavy (non-hydrogen) atoms. The lowest BCUT2D eigenvalue weighted by Gasteiger charge is -2.37. The Bertz CT molecular complexity index is 425. The van der Waals surface area contributed by atoms with Gasteiger partial charge in [0.05, 0.1) is 0 Å². The van der Waals surface area contributed by atoms with E-state index in [0.717, 1.165) is 21.3 Å². The van der Waals surface area contributed by atoms with Gasteiger partial charge in [-0.25, -0.2) is 0 Å². The number of nitrogens with one attached hydrogen (secondary N) is 1. The highest BCUT2D eigenvalue weighted by molar-refractivity contribution is 9.10. The van der Waals surface area contributed by atoms with Crippen LogP contribution in [0.1, 0.15) is 44.7 Å². The molecule has 1 aliphatic carbocycles. The first kappa shape index (κ1) is 15.3. The Balaban J connectivity index is 2.26. The lowest BCUT2D eigenvalue weighted by Crippen LogP contribution is -2.31. The topological polar surface area (TPSA) is 12.0 Å². The molecule has 3 heteroatoms. The van der Waals surface area contributed by atoms with Crippen molar-refractivity contribution in [1.82, 2.24) is 5.32 Å². The molecule has 1 aliphatic rings. The van der Waals surface area contributed by atoms with Gasteiger partial charge in [-0.15, -0.1) is 0 Å². The molecule has 0 aliphatic heterocycles. The maximum Gasteiger partial charge on any atom is 0.0454 e. The molecule has 0 amide bonds. The Kier molecular flexibility index (Phi) is 5.33. The van der Waals surface area contributed by atoms with Crippen molar-refractivity contribution >= 4 is 27.5 Å². The van der Waals surface area contributed by atoms with Crippen LogP contribution in [0, 0.1) is 17.8 Å². The summed E-state index contributed by atoms with van der Waals surface area (Å²) in [5.41, 5.74) is 1.23. The molecule has 1 fully saturated rings.